The van der Waals surface area contributed by atoms with Gasteiger partial charge in [0.15, 0.2) is 0 Å². The van der Waals surface area contributed by atoms with Gasteiger partial charge in [-0.15, -0.1) is 0 Å². The maximum atomic E-state index is 13.6. The van der Waals surface area contributed by atoms with Crippen LogP contribution in [0.15, 0.2) is 34.9 Å². The molecule has 0 unspecified atom stereocenters. The maximum absolute atomic E-state index is 13.6. The average molecular weight is 316 g/mol. The number of para-hydroxylation sites is 1. The molecule has 0 saturated carbocycles. The summed E-state index contributed by atoms with van der Waals surface area (Å²) in [6.07, 6.45) is 1.70. The molecule has 0 aliphatic rings. The molecule has 0 radical (unpaired) electrons. The third kappa shape index (κ3) is 2.76. The van der Waals surface area contributed by atoms with Crippen molar-refractivity contribution in [1.82, 2.24) is 4.98 Å². The van der Waals surface area contributed by atoms with Gasteiger partial charge in [0, 0.05) is 6.20 Å². The van der Waals surface area contributed by atoms with Crippen LogP contribution in [0.4, 0.5) is 15.9 Å². The molecule has 0 amide bonds. The minimum absolute atomic E-state index is 0.228. The van der Waals surface area contributed by atoms with E-state index in [9.17, 15) is 4.39 Å². The quantitative estimate of drug-likeness (QED) is 0.869. The topological polar surface area (TPSA) is 24.9 Å². The number of hydrogen-bond acceptors (Lipinski definition) is 2. The highest BCUT2D eigenvalue weighted by molar-refractivity contribution is 9.10. The normalized spacial score (nSPS) is 10.4. The van der Waals surface area contributed by atoms with E-state index >= 15 is 0 Å². The molecule has 17 heavy (non-hydrogen) atoms. The first kappa shape index (κ1) is 12.3. The molecule has 2 aromatic rings. The zero-order valence-corrected chi connectivity index (χ0v) is 11.3. The summed E-state index contributed by atoms with van der Waals surface area (Å²) in [5.74, 6) is 0.120. The maximum Gasteiger partial charge on any atom is 0.148 e. The number of halogens is 3. The molecular weight excluding hydrogens is 307 g/mol. The van der Waals surface area contributed by atoms with Crippen molar-refractivity contribution < 1.29 is 4.39 Å². The molecule has 1 heterocycles. The molecule has 0 spiro atoms. The molecule has 1 aromatic heterocycles. The number of benzene rings is 1. The van der Waals surface area contributed by atoms with Gasteiger partial charge >= 0.3 is 0 Å². The molecule has 0 aliphatic carbocycles. The molecule has 0 saturated heterocycles. The Hall–Kier alpha value is -1.13. The summed E-state index contributed by atoms with van der Waals surface area (Å²) < 4.78 is 14.3. The van der Waals surface area contributed by atoms with E-state index in [0.29, 0.717) is 10.8 Å². The van der Waals surface area contributed by atoms with Crippen molar-refractivity contribution in [2.75, 3.05) is 5.32 Å². The summed E-state index contributed by atoms with van der Waals surface area (Å²) in [7, 11) is 0. The fourth-order valence-corrected chi connectivity index (χ4v) is 2.13. The third-order valence-corrected chi connectivity index (χ3v) is 3.10. The molecule has 0 aliphatic heterocycles. The first-order valence-electron chi connectivity index (χ1n) is 4.91. The number of pyridine rings is 1. The van der Waals surface area contributed by atoms with Crippen LogP contribution in [0.5, 0.6) is 0 Å². The summed E-state index contributed by atoms with van der Waals surface area (Å²) in [4.78, 5) is 4.17. The summed E-state index contributed by atoms with van der Waals surface area (Å²) in [5, 5.41) is 3.19. The predicted molar refractivity (Wildman–Crippen MR) is 71.4 cm³/mol. The van der Waals surface area contributed by atoms with Gasteiger partial charge in [-0.3, -0.25) is 0 Å². The highest BCUT2D eigenvalue weighted by atomic mass is 79.9. The lowest BCUT2D eigenvalue weighted by molar-refractivity contribution is 0.632. The van der Waals surface area contributed by atoms with Crippen molar-refractivity contribution in [3.8, 4) is 0 Å². The van der Waals surface area contributed by atoms with Crippen LogP contribution >= 0.6 is 27.5 Å². The highest BCUT2D eigenvalue weighted by Gasteiger charge is 2.09. The Morgan fingerprint density at radius 3 is 2.82 bits per heavy atom. The summed E-state index contributed by atoms with van der Waals surface area (Å²) in [5.41, 5.74) is 1.24. The van der Waals surface area contributed by atoms with E-state index in [-0.39, 0.29) is 5.69 Å². The Balaban J connectivity index is 2.38. The molecule has 0 fully saturated rings. The fraction of sp³-hybridized carbons (Fsp3) is 0.0833. The first-order valence-corrected chi connectivity index (χ1v) is 6.08. The van der Waals surface area contributed by atoms with Crippen LogP contribution in [0.1, 0.15) is 5.56 Å². The molecular formula is C12H9BrClFN2. The summed E-state index contributed by atoms with van der Waals surface area (Å²) >= 11 is 9.28. The molecule has 2 nitrogen and oxygen atoms in total. The van der Waals surface area contributed by atoms with Crippen LogP contribution in [-0.2, 0) is 0 Å². The van der Waals surface area contributed by atoms with Gasteiger partial charge in [0.2, 0.25) is 0 Å². The van der Waals surface area contributed by atoms with Crippen LogP contribution in [0.25, 0.3) is 0 Å². The Kier molecular flexibility index (Phi) is 3.64. The average Bonchev–Trinajstić information content (AvgIpc) is 2.26. The van der Waals surface area contributed by atoms with Crippen LogP contribution in [0.2, 0.25) is 5.02 Å². The van der Waals surface area contributed by atoms with Gasteiger partial charge < -0.3 is 5.32 Å². The fourth-order valence-electron chi connectivity index (χ4n) is 1.36. The highest BCUT2D eigenvalue weighted by Crippen LogP contribution is 2.30. The van der Waals surface area contributed by atoms with Crippen LogP contribution in [0, 0.1) is 12.7 Å². The van der Waals surface area contributed by atoms with Crippen molar-refractivity contribution in [1.29, 1.82) is 0 Å². The monoisotopic (exact) mass is 314 g/mol. The number of nitrogens with zero attached hydrogens (tertiary/aromatic N) is 1. The molecule has 1 N–H and O–H groups in total. The standard InChI is InChI=1S/C12H9BrClFN2/c1-7-5-8(13)12(16-6-7)17-11-9(14)3-2-4-10(11)15/h2-6H,1H3,(H,16,17). The largest absolute Gasteiger partial charge is 0.336 e. The number of anilines is 2. The van der Waals surface area contributed by atoms with Crippen LogP contribution in [-0.4, -0.2) is 4.98 Å². The van der Waals surface area contributed by atoms with E-state index in [4.69, 9.17) is 11.6 Å². The molecule has 5 heteroatoms. The Morgan fingerprint density at radius 2 is 2.18 bits per heavy atom. The molecule has 1 aromatic carbocycles. The summed E-state index contributed by atoms with van der Waals surface area (Å²) in [6.45, 7) is 1.93. The zero-order valence-electron chi connectivity index (χ0n) is 8.97. The van der Waals surface area contributed by atoms with Gasteiger partial charge in [-0.1, -0.05) is 17.7 Å². The van der Waals surface area contributed by atoms with Gasteiger partial charge in [-0.05, 0) is 46.6 Å². The van der Waals surface area contributed by atoms with Gasteiger partial charge in [0.05, 0.1) is 15.2 Å². The van der Waals surface area contributed by atoms with E-state index in [1.807, 2.05) is 13.0 Å². The van der Waals surface area contributed by atoms with Gasteiger partial charge in [0.1, 0.15) is 11.6 Å². The van der Waals surface area contributed by atoms with Crippen LogP contribution in [0.3, 0.4) is 0 Å². The minimum atomic E-state index is -0.410. The molecule has 0 atom stereocenters. The SMILES string of the molecule is Cc1cnc(Nc2c(F)cccc2Cl)c(Br)c1. The van der Waals surface area contributed by atoms with Crippen molar-refractivity contribution in [2.45, 2.75) is 6.92 Å². The number of nitrogens with one attached hydrogen (secondary N) is 1. The second-order valence-corrected chi connectivity index (χ2v) is 4.83. The Bertz CT molecular complexity index is 540. The van der Waals surface area contributed by atoms with Crippen molar-refractivity contribution in [3.05, 3.63) is 51.3 Å². The second-order valence-electron chi connectivity index (χ2n) is 3.56. The number of aryl methyl sites for hydroxylation is 1. The third-order valence-electron chi connectivity index (χ3n) is 2.18. The van der Waals surface area contributed by atoms with Gasteiger partial charge in [0.25, 0.3) is 0 Å². The smallest absolute Gasteiger partial charge is 0.148 e. The zero-order chi connectivity index (χ0) is 12.4. The lowest BCUT2D eigenvalue weighted by Crippen LogP contribution is -1.98. The van der Waals surface area contributed by atoms with Gasteiger partial charge in [-0.25, -0.2) is 9.37 Å². The Labute approximate surface area is 112 Å². The van der Waals surface area contributed by atoms with E-state index in [1.165, 1.54) is 6.07 Å². The number of aromatic nitrogens is 1. The lowest BCUT2D eigenvalue weighted by atomic mass is 10.3. The second kappa shape index (κ2) is 5.02. The number of rotatable bonds is 2. The number of hydrogen-bond donors (Lipinski definition) is 1. The van der Waals surface area contributed by atoms with Crippen molar-refractivity contribution in [2.24, 2.45) is 0 Å². The molecule has 0 bridgehead atoms. The predicted octanol–water partition coefficient (Wildman–Crippen LogP) is 4.69. The minimum Gasteiger partial charge on any atom is -0.336 e. The van der Waals surface area contributed by atoms with E-state index in [1.54, 1.807) is 18.3 Å². The molecule has 88 valence electrons. The first-order chi connectivity index (χ1) is 8.08. The van der Waals surface area contributed by atoms with E-state index < -0.39 is 5.82 Å². The van der Waals surface area contributed by atoms with Gasteiger partial charge in [-0.2, -0.15) is 0 Å². The Morgan fingerprint density at radius 1 is 1.41 bits per heavy atom. The molecule has 2 rings (SSSR count). The van der Waals surface area contributed by atoms with Crippen molar-refractivity contribution >= 4 is 39.0 Å². The van der Waals surface area contributed by atoms with E-state index in [2.05, 4.69) is 26.2 Å². The van der Waals surface area contributed by atoms with Crippen molar-refractivity contribution in [3.63, 3.8) is 0 Å². The summed E-state index contributed by atoms with van der Waals surface area (Å²) in [6, 6.07) is 6.41. The lowest BCUT2D eigenvalue weighted by Gasteiger charge is -2.10. The van der Waals surface area contributed by atoms with Crippen LogP contribution < -0.4 is 5.32 Å². The van der Waals surface area contributed by atoms with E-state index in [0.717, 1.165) is 10.0 Å².